The van der Waals surface area contributed by atoms with Crippen LogP contribution in [0.1, 0.15) is 32.1 Å². The third-order valence-corrected chi connectivity index (χ3v) is 4.21. The van der Waals surface area contributed by atoms with E-state index in [1.807, 2.05) is 0 Å². The van der Waals surface area contributed by atoms with Crippen molar-refractivity contribution in [1.82, 2.24) is 4.90 Å². The van der Waals surface area contributed by atoms with E-state index in [-0.39, 0.29) is 12.8 Å². The second kappa shape index (κ2) is 2.91. The molecule has 0 aromatic carbocycles. The molecule has 2 unspecified atom stereocenters. The molecule has 0 bridgehead atoms. The Hall–Kier alpha value is -0.180. The van der Waals surface area contributed by atoms with Crippen LogP contribution in [-0.2, 0) is 0 Å². The molecule has 0 radical (unpaired) electrons. The molecule has 2 atom stereocenters. The van der Waals surface area contributed by atoms with Gasteiger partial charge in [-0.25, -0.2) is 8.78 Å². The molecule has 0 aromatic heterocycles. The Bertz CT molecular complexity index is 221. The van der Waals surface area contributed by atoms with Gasteiger partial charge in [0.1, 0.15) is 0 Å². The van der Waals surface area contributed by atoms with Crippen molar-refractivity contribution >= 4 is 0 Å². The Balaban J connectivity index is 1.55. The van der Waals surface area contributed by atoms with Crippen molar-refractivity contribution in [3.05, 3.63) is 0 Å². The van der Waals surface area contributed by atoms with E-state index >= 15 is 0 Å². The van der Waals surface area contributed by atoms with Gasteiger partial charge in [-0.2, -0.15) is 0 Å². The minimum atomic E-state index is -2.36. The normalized spacial score (nSPS) is 42.4. The number of likely N-dealkylation sites (tertiary alicyclic amines) is 1. The first-order valence-electron chi connectivity index (χ1n) is 5.76. The van der Waals surface area contributed by atoms with Crippen LogP contribution in [0.2, 0.25) is 0 Å². The topological polar surface area (TPSA) is 3.24 Å². The SMILES string of the molecule is FC1(F)CCC(N2CC3CC3C2)CC1. The van der Waals surface area contributed by atoms with Crippen LogP contribution in [0.25, 0.3) is 0 Å². The molecule has 0 amide bonds. The summed E-state index contributed by atoms with van der Waals surface area (Å²) in [6.07, 6.45) is 3.06. The summed E-state index contributed by atoms with van der Waals surface area (Å²) >= 11 is 0. The van der Waals surface area contributed by atoms with Gasteiger partial charge in [-0.1, -0.05) is 0 Å². The van der Waals surface area contributed by atoms with Gasteiger partial charge in [-0.05, 0) is 31.1 Å². The lowest BCUT2D eigenvalue weighted by Crippen LogP contribution is -2.40. The first-order chi connectivity index (χ1) is 6.64. The zero-order valence-corrected chi connectivity index (χ0v) is 8.38. The van der Waals surface area contributed by atoms with Crippen LogP contribution in [0.5, 0.6) is 0 Å². The van der Waals surface area contributed by atoms with Gasteiger partial charge in [0.25, 0.3) is 0 Å². The van der Waals surface area contributed by atoms with Crippen molar-refractivity contribution < 1.29 is 8.78 Å². The lowest BCUT2D eigenvalue weighted by molar-refractivity contribution is -0.0525. The summed E-state index contributed by atoms with van der Waals surface area (Å²) in [6, 6.07) is 0.474. The summed E-state index contributed by atoms with van der Waals surface area (Å²) in [5, 5.41) is 0. The first kappa shape index (κ1) is 9.08. The fourth-order valence-electron chi connectivity index (χ4n) is 3.12. The zero-order valence-electron chi connectivity index (χ0n) is 8.38. The van der Waals surface area contributed by atoms with E-state index in [1.54, 1.807) is 0 Å². The maximum atomic E-state index is 12.9. The van der Waals surface area contributed by atoms with E-state index in [0.717, 1.165) is 11.8 Å². The molecule has 1 aliphatic heterocycles. The number of hydrogen-bond donors (Lipinski definition) is 0. The molecule has 0 spiro atoms. The highest BCUT2D eigenvalue weighted by atomic mass is 19.3. The van der Waals surface area contributed by atoms with Crippen LogP contribution in [-0.4, -0.2) is 30.0 Å². The number of fused-ring (bicyclic) bond motifs is 1. The molecular formula is C11H17F2N. The quantitative estimate of drug-likeness (QED) is 0.630. The van der Waals surface area contributed by atoms with Crippen LogP contribution >= 0.6 is 0 Å². The van der Waals surface area contributed by atoms with Gasteiger partial charge in [0.2, 0.25) is 5.92 Å². The standard InChI is InChI=1S/C11H17F2N/c12-11(13)3-1-10(2-4-11)14-6-8-5-9(8)7-14/h8-10H,1-7H2. The summed E-state index contributed by atoms with van der Waals surface area (Å²) in [5.74, 6) is -0.506. The summed E-state index contributed by atoms with van der Waals surface area (Å²) in [4.78, 5) is 2.47. The lowest BCUT2D eigenvalue weighted by atomic mass is 9.91. The third kappa shape index (κ3) is 1.56. The predicted octanol–water partition coefficient (Wildman–Crippen LogP) is 2.52. The Morgan fingerprint density at radius 2 is 1.57 bits per heavy atom. The molecule has 1 nitrogen and oxygen atoms in total. The number of alkyl halides is 2. The van der Waals surface area contributed by atoms with Crippen molar-refractivity contribution in [2.24, 2.45) is 11.8 Å². The molecule has 0 aromatic rings. The molecule has 80 valence electrons. The highest BCUT2D eigenvalue weighted by molar-refractivity contribution is 4.99. The number of nitrogens with zero attached hydrogens (tertiary/aromatic N) is 1. The summed E-state index contributed by atoms with van der Waals surface area (Å²) in [5.41, 5.74) is 0. The van der Waals surface area contributed by atoms with Gasteiger partial charge in [-0.15, -0.1) is 0 Å². The summed E-state index contributed by atoms with van der Waals surface area (Å²) in [7, 11) is 0. The zero-order chi connectivity index (χ0) is 9.76. The van der Waals surface area contributed by atoms with Crippen LogP contribution in [0, 0.1) is 11.8 Å². The predicted molar refractivity (Wildman–Crippen MR) is 50.4 cm³/mol. The van der Waals surface area contributed by atoms with Crippen LogP contribution in [0.15, 0.2) is 0 Å². The van der Waals surface area contributed by atoms with Gasteiger partial charge >= 0.3 is 0 Å². The molecule has 2 saturated carbocycles. The third-order valence-electron chi connectivity index (χ3n) is 4.21. The van der Waals surface area contributed by atoms with Crippen LogP contribution < -0.4 is 0 Å². The molecule has 3 fully saturated rings. The Kier molecular flexibility index (Phi) is 1.88. The van der Waals surface area contributed by atoms with Crippen molar-refractivity contribution in [2.75, 3.05) is 13.1 Å². The van der Waals surface area contributed by atoms with E-state index in [2.05, 4.69) is 4.90 Å². The second-order valence-electron chi connectivity index (χ2n) is 5.30. The Labute approximate surface area is 83.5 Å². The molecule has 1 saturated heterocycles. The lowest BCUT2D eigenvalue weighted by Gasteiger charge is -2.35. The van der Waals surface area contributed by atoms with Crippen molar-refractivity contribution in [2.45, 2.75) is 44.1 Å². The Morgan fingerprint density at radius 3 is 2.14 bits per heavy atom. The number of rotatable bonds is 1. The largest absolute Gasteiger partial charge is 0.300 e. The van der Waals surface area contributed by atoms with Gasteiger partial charge in [0.05, 0.1) is 0 Å². The van der Waals surface area contributed by atoms with E-state index in [9.17, 15) is 8.78 Å². The molecule has 3 heteroatoms. The number of halogens is 2. The van der Waals surface area contributed by atoms with Crippen molar-refractivity contribution in [3.8, 4) is 0 Å². The second-order valence-corrected chi connectivity index (χ2v) is 5.30. The fourth-order valence-corrected chi connectivity index (χ4v) is 3.12. The number of piperidine rings is 1. The van der Waals surface area contributed by atoms with E-state index in [4.69, 9.17) is 0 Å². The van der Waals surface area contributed by atoms with Crippen molar-refractivity contribution in [3.63, 3.8) is 0 Å². The molecule has 14 heavy (non-hydrogen) atoms. The van der Waals surface area contributed by atoms with Gasteiger partial charge in [-0.3, -0.25) is 4.90 Å². The molecule has 0 N–H and O–H groups in total. The molecule has 3 rings (SSSR count). The van der Waals surface area contributed by atoms with Crippen LogP contribution in [0.3, 0.4) is 0 Å². The van der Waals surface area contributed by atoms with Gasteiger partial charge in [0.15, 0.2) is 0 Å². The highest BCUT2D eigenvalue weighted by Gasteiger charge is 2.48. The monoisotopic (exact) mass is 201 g/mol. The fraction of sp³-hybridized carbons (Fsp3) is 1.00. The van der Waals surface area contributed by atoms with Crippen LogP contribution in [0.4, 0.5) is 8.78 Å². The van der Waals surface area contributed by atoms with Gasteiger partial charge < -0.3 is 0 Å². The van der Waals surface area contributed by atoms with E-state index in [0.29, 0.717) is 18.9 Å². The molecular weight excluding hydrogens is 184 g/mol. The van der Waals surface area contributed by atoms with Gasteiger partial charge in [0, 0.05) is 32.0 Å². The molecule has 3 aliphatic rings. The first-order valence-corrected chi connectivity index (χ1v) is 5.76. The number of hydrogen-bond acceptors (Lipinski definition) is 1. The highest BCUT2D eigenvalue weighted by Crippen LogP contribution is 2.47. The van der Waals surface area contributed by atoms with Crippen molar-refractivity contribution in [1.29, 1.82) is 0 Å². The average molecular weight is 201 g/mol. The maximum absolute atomic E-state index is 12.9. The maximum Gasteiger partial charge on any atom is 0.248 e. The smallest absolute Gasteiger partial charge is 0.248 e. The van der Waals surface area contributed by atoms with E-state index < -0.39 is 5.92 Å². The summed E-state index contributed by atoms with van der Waals surface area (Å²) < 4.78 is 25.9. The summed E-state index contributed by atoms with van der Waals surface area (Å²) in [6.45, 7) is 2.39. The minimum Gasteiger partial charge on any atom is -0.300 e. The molecule has 2 aliphatic carbocycles. The average Bonchev–Trinajstić information content (AvgIpc) is 2.74. The van der Waals surface area contributed by atoms with E-state index in [1.165, 1.54) is 19.5 Å². The molecule has 1 heterocycles. The minimum absolute atomic E-state index is 0.115. The Morgan fingerprint density at radius 1 is 1.00 bits per heavy atom.